The molecule has 0 spiro atoms. The monoisotopic (exact) mass is 221 g/mol. The van der Waals surface area contributed by atoms with E-state index >= 15 is 0 Å². The molecule has 2 aromatic rings. The Morgan fingerprint density at radius 1 is 1.33 bits per heavy atom. The summed E-state index contributed by atoms with van der Waals surface area (Å²) in [6, 6.07) is 10.2. The lowest BCUT2D eigenvalue weighted by Gasteiger charge is -1.96. The zero-order valence-electron chi connectivity index (χ0n) is 8.48. The van der Waals surface area contributed by atoms with Crippen LogP contribution in [0.5, 0.6) is 0 Å². The van der Waals surface area contributed by atoms with Gasteiger partial charge in [-0.3, -0.25) is 0 Å². The van der Waals surface area contributed by atoms with Crippen molar-refractivity contribution in [3.63, 3.8) is 0 Å². The van der Waals surface area contributed by atoms with E-state index in [0.29, 0.717) is 5.89 Å². The number of oxazole rings is 1. The molecule has 1 heterocycles. The van der Waals surface area contributed by atoms with Gasteiger partial charge in [0.1, 0.15) is 11.6 Å². The van der Waals surface area contributed by atoms with Gasteiger partial charge in [-0.15, -0.1) is 11.6 Å². The van der Waals surface area contributed by atoms with Gasteiger partial charge in [0.2, 0.25) is 5.89 Å². The first kappa shape index (κ1) is 10.2. The molecule has 0 fully saturated rings. The van der Waals surface area contributed by atoms with Crippen molar-refractivity contribution in [1.29, 1.82) is 0 Å². The summed E-state index contributed by atoms with van der Waals surface area (Å²) in [4.78, 5) is 4.31. The molecule has 0 aliphatic rings. The molecule has 78 valence electrons. The van der Waals surface area contributed by atoms with Crippen molar-refractivity contribution in [3.05, 3.63) is 53.7 Å². The highest BCUT2D eigenvalue weighted by Crippen LogP contribution is 2.19. The molecule has 3 heteroatoms. The number of hydrogen-bond acceptors (Lipinski definition) is 2. The van der Waals surface area contributed by atoms with E-state index in [1.807, 2.05) is 25.1 Å². The largest absolute Gasteiger partial charge is 0.447 e. The van der Waals surface area contributed by atoms with Gasteiger partial charge in [-0.05, 0) is 12.5 Å². The number of nitrogens with zero attached hydrogens (tertiary/aromatic N) is 1. The zero-order chi connectivity index (χ0) is 10.7. The van der Waals surface area contributed by atoms with E-state index in [4.69, 9.17) is 16.0 Å². The van der Waals surface area contributed by atoms with Crippen LogP contribution >= 0.6 is 11.6 Å². The minimum absolute atomic E-state index is 0.172. The average Bonchev–Trinajstić information content (AvgIpc) is 2.68. The number of hydrogen-bond donors (Lipinski definition) is 0. The zero-order valence-corrected chi connectivity index (χ0v) is 9.24. The predicted octanol–water partition coefficient (Wildman–Crippen LogP) is 3.57. The van der Waals surface area contributed by atoms with Crippen LogP contribution in [0.2, 0.25) is 0 Å². The molecule has 0 N–H and O–H groups in total. The number of rotatable bonds is 3. The molecule has 0 aliphatic carbocycles. The summed E-state index contributed by atoms with van der Waals surface area (Å²) in [5.41, 5.74) is 2.14. The molecule has 2 rings (SSSR count). The quantitative estimate of drug-likeness (QED) is 0.741. The maximum Gasteiger partial charge on any atom is 0.212 e. The molecule has 0 bridgehead atoms. The summed E-state index contributed by atoms with van der Waals surface area (Å²) in [5.74, 6) is 0.586. The number of halogens is 1. The number of aromatic nitrogens is 1. The highest BCUT2D eigenvalue weighted by atomic mass is 35.5. The van der Waals surface area contributed by atoms with E-state index in [-0.39, 0.29) is 5.38 Å². The second kappa shape index (κ2) is 4.49. The molecule has 1 aromatic carbocycles. The van der Waals surface area contributed by atoms with E-state index in [1.165, 1.54) is 5.56 Å². The summed E-state index contributed by atoms with van der Waals surface area (Å²) in [6.45, 7) is 1.85. The molecule has 0 aliphatic heterocycles. The van der Waals surface area contributed by atoms with Crippen LogP contribution in [0, 0.1) is 0 Å². The van der Waals surface area contributed by atoms with E-state index in [2.05, 4.69) is 17.1 Å². The van der Waals surface area contributed by atoms with E-state index in [1.54, 1.807) is 6.26 Å². The lowest BCUT2D eigenvalue weighted by atomic mass is 10.1. The normalized spacial score (nSPS) is 12.7. The second-order valence-corrected chi connectivity index (χ2v) is 4.11. The van der Waals surface area contributed by atoms with Crippen LogP contribution in [-0.4, -0.2) is 4.98 Å². The Bertz CT molecular complexity index is 422. The molecular weight excluding hydrogens is 210 g/mol. The van der Waals surface area contributed by atoms with Gasteiger partial charge in [-0.1, -0.05) is 30.3 Å². The van der Waals surface area contributed by atoms with Crippen LogP contribution in [0.3, 0.4) is 0 Å². The Kier molecular flexibility index (Phi) is 3.07. The van der Waals surface area contributed by atoms with Crippen LogP contribution in [0.25, 0.3) is 0 Å². The second-order valence-electron chi connectivity index (χ2n) is 3.46. The topological polar surface area (TPSA) is 26.0 Å². The van der Waals surface area contributed by atoms with Crippen molar-refractivity contribution >= 4 is 11.6 Å². The lowest BCUT2D eigenvalue weighted by molar-refractivity contribution is 0.496. The minimum atomic E-state index is -0.172. The summed E-state index contributed by atoms with van der Waals surface area (Å²) in [5, 5.41) is -0.172. The molecule has 1 unspecified atom stereocenters. The van der Waals surface area contributed by atoms with Gasteiger partial charge in [-0.25, -0.2) is 4.98 Å². The maximum absolute atomic E-state index is 5.86. The fourth-order valence-corrected chi connectivity index (χ4v) is 1.49. The van der Waals surface area contributed by atoms with Gasteiger partial charge < -0.3 is 4.42 Å². The van der Waals surface area contributed by atoms with Crippen molar-refractivity contribution < 1.29 is 4.42 Å². The van der Waals surface area contributed by atoms with Crippen LogP contribution in [0.15, 0.2) is 41.0 Å². The first-order chi connectivity index (χ1) is 7.25. The molecule has 0 radical (unpaired) electrons. The van der Waals surface area contributed by atoms with E-state index in [0.717, 1.165) is 12.1 Å². The Morgan fingerprint density at radius 3 is 2.67 bits per heavy atom. The highest BCUT2D eigenvalue weighted by Gasteiger charge is 2.09. The molecule has 2 nitrogen and oxygen atoms in total. The Balaban J connectivity index is 2.12. The number of benzene rings is 1. The molecule has 15 heavy (non-hydrogen) atoms. The molecule has 0 saturated carbocycles. The summed E-state index contributed by atoms with van der Waals surface area (Å²) < 4.78 is 5.26. The summed E-state index contributed by atoms with van der Waals surface area (Å²) in [7, 11) is 0. The van der Waals surface area contributed by atoms with Gasteiger partial charge in [0.15, 0.2) is 0 Å². The third-order valence-electron chi connectivity index (χ3n) is 2.14. The maximum atomic E-state index is 5.86. The summed E-state index contributed by atoms with van der Waals surface area (Å²) in [6.07, 6.45) is 2.45. The van der Waals surface area contributed by atoms with Crippen molar-refractivity contribution in [2.24, 2.45) is 0 Å². The first-order valence-corrected chi connectivity index (χ1v) is 5.31. The van der Waals surface area contributed by atoms with Crippen LogP contribution in [0.1, 0.15) is 29.4 Å². The van der Waals surface area contributed by atoms with Crippen molar-refractivity contribution in [2.45, 2.75) is 18.7 Å². The lowest BCUT2D eigenvalue weighted by Crippen LogP contribution is -1.89. The van der Waals surface area contributed by atoms with Crippen molar-refractivity contribution in [1.82, 2.24) is 4.98 Å². The molecule has 0 saturated heterocycles. The SMILES string of the molecule is CC(Cl)c1nc(Cc2ccccc2)co1. The fraction of sp³-hybridized carbons (Fsp3) is 0.250. The minimum Gasteiger partial charge on any atom is -0.447 e. The molecular formula is C12H12ClNO. The molecule has 0 amide bonds. The Labute approximate surface area is 93.9 Å². The van der Waals surface area contributed by atoms with E-state index < -0.39 is 0 Å². The third-order valence-corrected chi connectivity index (χ3v) is 2.32. The third kappa shape index (κ3) is 2.60. The Morgan fingerprint density at radius 2 is 2.07 bits per heavy atom. The van der Waals surface area contributed by atoms with Crippen molar-refractivity contribution in [2.75, 3.05) is 0 Å². The van der Waals surface area contributed by atoms with Gasteiger partial charge in [0.05, 0.1) is 5.69 Å². The van der Waals surface area contributed by atoms with Gasteiger partial charge in [0, 0.05) is 6.42 Å². The van der Waals surface area contributed by atoms with Gasteiger partial charge in [0.25, 0.3) is 0 Å². The van der Waals surface area contributed by atoms with E-state index in [9.17, 15) is 0 Å². The smallest absolute Gasteiger partial charge is 0.212 e. The summed E-state index contributed by atoms with van der Waals surface area (Å²) >= 11 is 5.86. The van der Waals surface area contributed by atoms with Gasteiger partial charge in [-0.2, -0.15) is 0 Å². The Hall–Kier alpha value is -1.28. The first-order valence-electron chi connectivity index (χ1n) is 4.88. The van der Waals surface area contributed by atoms with Crippen molar-refractivity contribution in [3.8, 4) is 0 Å². The fourth-order valence-electron chi connectivity index (χ4n) is 1.39. The molecule has 1 atom stereocenters. The van der Waals surface area contributed by atoms with Gasteiger partial charge >= 0.3 is 0 Å². The predicted molar refractivity (Wildman–Crippen MR) is 60.0 cm³/mol. The van der Waals surface area contributed by atoms with Crippen LogP contribution in [0.4, 0.5) is 0 Å². The molecule has 1 aromatic heterocycles. The standard InChI is InChI=1S/C12H12ClNO/c1-9(13)12-14-11(8-15-12)7-10-5-3-2-4-6-10/h2-6,8-9H,7H2,1H3. The highest BCUT2D eigenvalue weighted by molar-refractivity contribution is 6.20. The van der Waals surface area contributed by atoms with Crippen LogP contribution < -0.4 is 0 Å². The average molecular weight is 222 g/mol. The number of alkyl halides is 1. The van der Waals surface area contributed by atoms with Crippen LogP contribution in [-0.2, 0) is 6.42 Å².